The molecule has 0 aromatic carbocycles. The molecule has 13 heavy (non-hydrogen) atoms. The van der Waals surface area contributed by atoms with Gasteiger partial charge in [-0.1, -0.05) is 13.3 Å². The topological polar surface area (TPSA) is 23.5 Å². The number of aliphatic hydroxyl groups excluding tert-OH is 1. The second kappa shape index (κ2) is 3.97. The van der Waals surface area contributed by atoms with Crippen molar-refractivity contribution in [3.63, 3.8) is 0 Å². The maximum atomic E-state index is 9.77. The molecular formula is C11H21NO. The fraction of sp³-hybridized carbons (Fsp3) is 1.00. The quantitative estimate of drug-likeness (QED) is 0.703. The molecule has 1 saturated heterocycles. The molecular weight excluding hydrogens is 162 g/mol. The van der Waals surface area contributed by atoms with Crippen molar-refractivity contribution in [3.05, 3.63) is 0 Å². The highest BCUT2D eigenvalue weighted by Gasteiger charge is 2.34. The first-order valence-electron chi connectivity index (χ1n) is 5.73. The number of hydrogen-bond acceptors (Lipinski definition) is 2. The molecule has 0 aromatic rings. The van der Waals surface area contributed by atoms with E-state index in [2.05, 4.69) is 11.8 Å². The normalized spacial score (nSPS) is 41.5. The maximum absolute atomic E-state index is 9.77. The van der Waals surface area contributed by atoms with Gasteiger partial charge in [-0.2, -0.15) is 0 Å². The lowest BCUT2D eigenvalue weighted by atomic mass is 10.1. The van der Waals surface area contributed by atoms with E-state index in [1.807, 2.05) is 0 Å². The van der Waals surface area contributed by atoms with Gasteiger partial charge in [0.2, 0.25) is 0 Å². The van der Waals surface area contributed by atoms with Crippen LogP contribution in [0.3, 0.4) is 0 Å². The summed E-state index contributed by atoms with van der Waals surface area (Å²) in [6, 6.07) is 0.497. The number of nitrogens with zero attached hydrogens (tertiary/aromatic N) is 1. The van der Waals surface area contributed by atoms with Gasteiger partial charge in [-0.25, -0.2) is 0 Å². The lowest BCUT2D eigenvalue weighted by Gasteiger charge is -2.26. The molecule has 1 aliphatic carbocycles. The van der Waals surface area contributed by atoms with Crippen LogP contribution in [0.4, 0.5) is 0 Å². The highest BCUT2D eigenvalue weighted by molar-refractivity contribution is 4.89. The van der Waals surface area contributed by atoms with E-state index in [1.165, 1.54) is 38.8 Å². The second-order valence-electron chi connectivity index (χ2n) is 4.62. The van der Waals surface area contributed by atoms with Crippen molar-refractivity contribution in [2.75, 3.05) is 13.1 Å². The molecule has 2 nitrogen and oxygen atoms in total. The molecule has 3 atom stereocenters. The monoisotopic (exact) mass is 183 g/mol. The van der Waals surface area contributed by atoms with Crippen LogP contribution in [-0.4, -0.2) is 35.2 Å². The van der Waals surface area contributed by atoms with E-state index < -0.39 is 0 Å². The highest BCUT2D eigenvalue weighted by Crippen LogP contribution is 2.29. The summed E-state index contributed by atoms with van der Waals surface area (Å²) in [6.07, 6.45) is 6.09. The van der Waals surface area contributed by atoms with Gasteiger partial charge in [0.25, 0.3) is 0 Å². The lowest BCUT2D eigenvalue weighted by Crippen LogP contribution is -2.38. The molecule has 2 aliphatic rings. The van der Waals surface area contributed by atoms with Crippen molar-refractivity contribution in [1.29, 1.82) is 0 Å². The van der Waals surface area contributed by atoms with E-state index in [0.717, 1.165) is 12.3 Å². The number of rotatable bonds is 2. The third-order valence-corrected chi connectivity index (χ3v) is 3.81. The fourth-order valence-corrected chi connectivity index (χ4v) is 2.84. The molecule has 0 aromatic heterocycles. The van der Waals surface area contributed by atoms with E-state index in [4.69, 9.17) is 0 Å². The lowest BCUT2D eigenvalue weighted by molar-refractivity contribution is 0.0830. The van der Waals surface area contributed by atoms with Gasteiger partial charge in [0.15, 0.2) is 0 Å². The number of aliphatic hydroxyl groups is 1. The van der Waals surface area contributed by atoms with Crippen LogP contribution in [-0.2, 0) is 0 Å². The molecule has 3 unspecified atom stereocenters. The van der Waals surface area contributed by atoms with E-state index in [1.54, 1.807) is 0 Å². The Balaban J connectivity index is 1.88. The Morgan fingerprint density at radius 3 is 2.69 bits per heavy atom. The molecule has 1 aliphatic heterocycles. The van der Waals surface area contributed by atoms with Gasteiger partial charge in [-0.15, -0.1) is 0 Å². The summed E-state index contributed by atoms with van der Waals surface area (Å²) in [5.74, 6) is 0.896. The molecule has 0 spiro atoms. The van der Waals surface area contributed by atoms with Crippen molar-refractivity contribution in [2.24, 2.45) is 5.92 Å². The summed E-state index contributed by atoms with van der Waals surface area (Å²) in [6.45, 7) is 4.73. The average molecular weight is 183 g/mol. The third kappa shape index (κ3) is 1.89. The van der Waals surface area contributed by atoms with Crippen LogP contribution in [0.25, 0.3) is 0 Å². The minimum Gasteiger partial charge on any atom is -0.391 e. The van der Waals surface area contributed by atoms with E-state index in [-0.39, 0.29) is 6.10 Å². The number of likely N-dealkylation sites (tertiary alicyclic amines) is 1. The van der Waals surface area contributed by atoms with Gasteiger partial charge >= 0.3 is 0 Å². The zero-order valence-corrected chi connectivity index (χ0v) is 8.58. The Hall–Kier alpha value is -0.0800. The van der Waals surface area contributed by atoms with Crippen molar-refractivity contribution in [1.82, 2.24) is 4.90 Å². The summed E-state index contributed by atoms with van der Waals surface area (Å²) in [5, 5.41) is 9.77. The van der Waals surface area contributed by atoms with Gasteiger partial charge in [0.1, 0.15) is 0 Å². The molecule has 1 saturated carbocycles. The smallest absolute Gasteiger partial charge is 0.0695 e. The molecule has 2 heteroatoms. The van der Waals surface area contributed by atoms with Gasteiger partial charge < -0.3 is 5.11 Å². The first-order chi connectivity index (χ1) is 6.31. The zero-order chi connectivity index (χ0) is 9.26. The van der Waals surface area contributed by atoms with Crippen LogP contribution in [0.2, 0.25) is 0 Å². The fourth-order valence-electron chi connectivity index (χ4n) is 2.84. The predicted octanol–water partition coefficient (Wildman–Crippen LogP) is 1.63. The zero-order valence-electron chi connectivity index (χ0n) is 8.58. The van der Waals surface area contributed by atoms with E-state index >= 15 is 0 Å². The van der Waals surface area contributed by atoms with Crippen LogP contribution in [0.15, 0.2) is 0 Å². The first-order valence-corrected chi connectivity index (χ1v) is 5.73. The molecule has 0 bridgehead atoms. The van der Waals surface area contributed by atoms with Crippen LogP contribution in [0.1, 0.15) is 39.0 Å². The van der Waals surface area contributed by atoms with Gasteiger partial charge in [-0.05, 0) is 38.1 Å². The van der Waals surface area contributed by atoms with Crippen molar-refractivity contribution in [2.45, 2.75) is 51.2 Å². The van der Waals surface area contributed by atoms with Gasteiger partial charge in [0.05, 0.1) is 6.10 Å². The summed E-state index contributed by atoms with van der Waals surface area (Å²) in [5.41, 5.74) is 0. The van der Waals surface area contributed by atoms with E-state index in [0.29, 0.717) is 6.04 Å². The van der Waals surface area contributed by atoms with E-state index in [9.17, 15) is 5.11 Å². The van der Waals surface area contributed by atoms with Crippen molar-refractivity contribution >= 4 is 0 Å². The summed E-state index contributed by atoms with van der Waals surface area (Å²) >= 11 is 0. The predicted molar refractivity (Wildman–Crippen MR) is 53.6 cm³/mol. The summed E-state index contributed by atoms with van der Waals surface area (Å²) in [4.78, 5) is 2.52. The van der Waals surface area contributed by atoms with Crippen LogP contribution < -0.4 is 0 Å². The molecule has 76 valence electrons. The van der Waals surface area contributed by atoms with Crippen molar-refractivity contribution < 1.29 is 5.11 Å². The molecule has 2 rings (SSSR count). The molecule has 2 fully saturated rings. The van der Waals surface area contributed by atoms with Gasteiger partial charge in [0, 0.05) is 12.6 Å². The standard InChI is InChI=1S/C11H21NO/c1-2-9-6-7-12(8-9)10-4-3-5-11(10)13/h9-11,13H,2-8H2,1H3. The first kappa shape index (κ1) is 9.47. The second-order valence-corrected chi connectivity index (χ2v) is 4.62. The van der Waals surface area contributed by atoms with Crippen molar-refractivity contribution in [3.8, 4) is 0 Å². The largest absolute Gasteiger partial charge is 0.391 e. The summed E-state index contributed by atoms with van der Waals surface area (Å²) < 4.78 is 0. The number of hydrogen-bond donors (Lipinski definition) is 1. The Morgan fingerprint density at radius 1 is 1.31 bits per heavy atom. The Labute approximate surface area is 80.9 Å². The SMILES string of the molecule is CCC1CCN(C2CCCC2O)C1. The molecule has 0 radical (unpaired) electrons. The molecule has 1 heterocycles. The minimum atomic E-state index is -0.0318. The Kier molecular flexibility index (Phi) is 2.89. The molecule has 1 N–H and O–H groups in total. The maximum Gasteiger partial charge on any atom is 0.0695 e. The van der Waals surface area contributed by atoms with Gasteiger partial charge in [-0.3, -0.25) is 4.90 Å². The van der Waals surface area contributed by atoms with Crippen LogP contribution >= 0.6 is 0 Å². The molecule has 0 amide bonds. The minimum absolute atomic E-state index is 0.0318. The average Bonchev–Trinajstić information content (AvgIpc) is 2.71. The van der Waals surface area contributed by atoms with Crippen LogP contribution in [0, 0.1) is 5.92 Å². The Bertz CT molecular complexity index is 171. The third-order valence-electron chi connectivity index (χ3n) is 3.81. The highest BCUT2D eigenvalue weighted by atomic mass is 16.3. The Morgan fingerprint density at radius 2 is 2.15 bits per heavy atom. The summed E-state index contributed by atoms with van der Waals surface area (Å²) in [7, 11) is 0. The van der Waals surface area contributed by atoms with Crippen LogP contribution in [0.5, 0.6) is 0 Å².